The average molecular weight is 415 g/mol. The van der Waals surface area contributed by atoms with Gasteiger partial charge >= 0.3 is 0 Å². The van der Waals surface area contributed by atoms with E-state index < -0.39 is 0 Å². The zero-order chi connectivity index (χ0) is 22.2. The molecule has 0 radical (unpaired) electrons. The number of hydrogen-bond acceptors (Lipinski definition) is 6. The fourth-order valence-corrected chi connectivity index (χ4v) is 2.27. The molecular weight excluding hydrogens is 376 g/mol. The fourth-order valence-electron chi connectivity index (χ4n) is 2.27. The predicted octanol–water partition coefficient (Wildman–Crippen LogP) is 2.20. The van der Waals surface area contributed by atoms with Crippen molar-refractivity contribution >= 4 is 12.8 Å². The smallest absolute Gasteiger partial charge is 0.213 e. The molecule has 0 N–H and O–H groups in total. The van der Waals surface area contributed by atoms with Crippen LogP contribution in [0.15, 0.2) is 25.6 Å². The Bertz CT molecular complexity index is 460. The van der Waals surface area contributed by atoms with Crippen molar-refractivity contribution in [1.29, 1.82) is 0 Å². The van der Waals surface area contributed by atoms with Gasteiger partial charge in [-0.15, -0.1) is 0 Å². The number of ether oxygens (including phenoxy) is 4. The Morgan fingerprint density at radius 3 is 1.52 bits per heavy atom. The summed E-state index contributed by atoms with van der Waals surface area (Å²) in [6, 6.07) is -0.0819. The first kappa shape index (κ1) is 27.3. The van der Waals surface area contributed by atoms with Crippen LogP contribution >= 0.6 is 0 Å². The Kier molecular flexibility index (Phi) is 15.1. The van der Waals surface area contributed by atoms with Crippen LogP contribution < -0.4 is 0 Å². The third-order valence-electron chi connectivity index (χ3n) is 4.15. The summed E-state index contributed by atoms with van der Waals surface area (Å²) in [6.45, 7) is 18.9. The molecule has 8 heteroatoms. The summed E-state index contributed by atoms with van der Waals surface area (Å²) < 4.78 is 22.9. The van der Waals surface area contributed by atoms with Gasteiger partial charge in [0.15, 0.2) is 0 Å². The summed E-state index contributed by atoms with van der Waals surface area (Å²) in [5, 5.41) is 0. The highest BCUT2D eigenvalue weighted by molar-refractivity contribution is 5.49. The first-order valence-corrected chi connectivity index (χ1v) is 9.92. The molecule has 0 heterocycles. The van der Waals surface area contributed by atoms with Crippen molar-refractivity contribution in [2.45, 2.75) is 65.1 Å². The molecule has 0 saturated heterocycles. The van der Waals surface area contributed by atoms with E-state index in [2.05, 4.69) is 13.2 Å². The Morgan fingerprint density at radius 2 is 1.14 bits per heavy atom. The summed E-state index contributed by atoms with van der Waals surface area (Å²) in [7, 11) is 0. The molecule has 0 aliphatic heterocycles. The standard InChI is InChI=1S/C21H38N2O6/c1-8-22(15-24)10-18(4)27-12-20(6)29-14-21(7)28-13-19(5)26-11-17(3)23(9-2)16-25/h8-9,15-21H,1-2,10-14H2,3-7H3. The number of hydrogen-bond donors (Lipinski definition) is 0. The SMILES string of the molecule is C=CN(C=O)CC(C)OCC(C)OCC(C)OCC(C)OCC(C)N(C=C)C=O. The van der Waals surface area contributed by atoms with Crippen molar-refractivity contribution in [2.75, 3.05) is 33.0 Å². The van der Waals surface area contributed by atoms with Gasteiger partial charge in [-0.05, 0) is 47.0 Å². The van der Waals surface area contributed by atoms with E-state index in [1.54, 1.807) is 0 Å². The van der Waals surface area contributed by atoms with Crippen molar-refractivity contribution in [2.24, 2.45) is 0 Å². The van der Waals surface area contributed by atoms with E-state index in [-0.39, 0.29) is 30.5 Å². The van der Waals surface area contributed by atoms with Gasteiger partial charge in [-0.3, -0.25) is 9.59 Å². The molecule has 0 bridgehead atoms. The Hall–Kier alpha value is -1.74. The molecule has 0 aromatic rings. The molecule has 0 aliphatic rings. The molecule has 0 rings (SSSR count). The topological polar surface area (TPSA) is 77.5 Å². The Labute approximate surface area is 175 Å². The second-order valence-electron chi connectivity index (χ2n) is 7.14. The van der Waals surface area contributed by atoms with Crippen LogP contribution in [0.25, 0.3) is 0 Å². The molecule has 2 amide bonds. The summed E-state index contributed by atoms with van der Waals surface area (Å²) in [6.07, 6.45) is 3.98. The average Bonchev–Trinajstić information content (AvgIpc) is 2.72. The van der Waals surface area contributed by atoms with Gasteiger partial charge in [0.25, 0.3) is 0 Å². The number of nitrogens with zero attached hydrogens (tertiary/aromatic N) is 2. The lowest BCUT2D eigenvalue weighted by Gasteiger charge is -2.24. The highest BCUT2D eigenvalue weighted by atomic mass is 16.6. The summed E-state index contributed by atoms with van der Waals surface area (Å²) >= 11 is 0. The maximum absolute atomic E-state index is 10.9. The predicted molar refractivity (Wildman–Crippen MR) is 112 cm³/mol. The van der Waals surface area contributed by atoms with Gasteiger partial charge in [-0.25, -0.2) is 0 Å². The maximum atomic E-state index is 10.9. The van der Waals surface area contributed by atoms with Crippen LogP contribution in [-0.4, -0.2) is 86.1 Å². The van der Waals surface area contributed by atoms with Gasteiger partial charge in [0, 0.05) is 0 Å². The molecule has 8 nitrogen and oxygen atoms in total. The molecule has 0 fully saturated rings. The lowest BCUT2D eigenvalue weighted by Crippen LogP contribution is -2.33. The minimum absolute atomic E-state index is 0.0819. The lowest BCUT2D eigenvalue weighted by atomic mass is 10.3. The van der Waals surface area contributed by atoms with E-state index >= 15 is 0 Å². The van der Waals surface area contributed by atoms with Gasteiger partial charge in [0.1, 0.15) is 0 Å². The van der Waals surface area contributed by atoms with Crippen LogP contribution in [0.1, 0.15) is 34.6 Å². The van der Waals surface area contributed by atoms with Crippen molar-refractivity contribution in [3.05, 3.63) is 25.6 Å². The number of carbonyl (C=O) groups excluding carboxylic acids is 2. The van der Waals surface area contributed by atoms with Crippen molar-refractivity contribution < 1.29 is 28.5 Å². The summed E-state index contributed by atoms with van der Waals surface area (Å²) in [4.78, 5) is 24.5. The number of rotatable bonds is 19. The molecule has 0 aromatic heterocycles. The number of carbonyl (C=O) groups is 2. The maximum Gasteiger partial charge on any atom is 0.213 e. The van der Waals surface area contributed by atoms with Crippen LogP contribution in [0.5, 0.6) is 0 Å². The minimum atomic E-state index is -0.116. The highest BCUT2D eigenvalue weighted by Gasteiger charge is 2.14. The first-order chi connectivity index (χ1) is 13.8. The third-order valence-corrected chi connectivity index (χ3v) is 4.15. The molecule has 0 saturated carbocycles. The van der Waals surface area contributed by atoms with Crippen molar-refractivity contribution in [1.82, 2.24) is 9.80 Å². The molecular formula is C21H38N2O6. The van der Waals surface area contributed by atoms with Gasteiger partial charge in [-0.1, -0.05) is 13.2 Å². The molecule has 5 atom stereocenters. The number of amides is 2. The third kappa shape index (κ3) is 13.2. The van der Waals surface area contributed by atoms with Crippen LogP contribution in [0.3, 0.4) is 0 Å². The molecule has 0 aliphatic carbocycles. The molecule has 0 spiro atoms. The van der Waals surface area contributed by atoms with Crippen molar-refractivity contribution in [3.8, 4) is 0 Å². The van der Waals surface area contributed by atoms with Gasteiger partial charge in [-0.2, -0.15) is 0 Å². The Morgan fingerprint density at radius 1 is 0.690 bits per heavy atom. The lowest BCUT2D eigenvalue weighted by molar-refractivity contribution is -0.120. The Balaban J connectivity index is 3.95. The largest absolute Gasteiger partial charge is 0.374 e. The van der Waals surface area contributed by atoms with E-state index in [1.165, 1.54) is 22.2 Å². The van der Waals surface area contributed by atoms with E-state index in [9.17, 15) is 9.59 Å². The van der Waals surface area contributed by atoms with E-state index in [1.807, 2.05) is 34.6 Å². The second kappa shape index (κ2) is 16.1. The normalized spacial score (nSPS) is 16.2. The van der Waals surface area contributed by atoms with Crippen LogP contribution in [0.2, 0.25) is 0 Å². The van der Waals surface area contributed by atoms with E-state index in [4.69, 9.17) is 18.9 Å². The zero-order valence-electron chi connectivity index (χ0n) is 18.5. The minimum Gasteiger partial charge on any atom is -0.374 e. The first-order valence-electron chi connectivity index (χ1n) is 9.92. The summed E-state index contributed by atoms with van der Waals surface area (Å²) in [5.41, 5.74) is 0. The summed E-state index contributed by atoms with van der Waals surface area (Å²) in [5.74, 6) is 0. The van der Waals surface area contributed by atoms with Crippen molar-refractivity contribution in [3.63, 3.8) is 0 Å². The van der Waals surface area contributed by atoms with Crippen LogP contribution in [-0.2, 0) is 28.5 Å². The monoisotopic (exact) mass is 414 g/mol. The molecule has 29 heavy (non-hydrogen) atoms. The molecule has 0 aromatic carbocycles. The fraction of sp³-hybridized carbons (Fsp3) is 0.714. The quantitative estimate of drug-likeness (QED) is 0.302. The van der Waals surface area contributed by atoms with E-state index in [0.29, 0.717) is 33.0 Å². The highest BCUT2D eigenvalue weighted by Crippen LogP contribution is 2.04. The van der Waals surface area contributed by atoms with Crippen LogP contribution in [0.4, 0.5) is 0 Å². The van der Waals surface area contributed by atoms with Crippen LogP contribution in [0, 0.1) is 0 Å². The van der Waals surface area contributed by atoms with Gasteiger partial charge in [0.05, 0.1) is 63.4 Å². The molecule has 5 unspecified atom stereocenters. The van der Waals surface area contributed by atoms with Gasteiger partial charge < -0.3 is 28.7 Å². The zero-order valence-corrected chi connectivity index (χ0v) is 18.5. The van der Waals surface area contributed by atoms with Gasteiger partial charge in [0.2, 0.25) is 12.8 Å². The second-order valence-corrected chi connectivity index (χ2v) is 7.14. The van der Waals surface area contributed by atoms with E-state index in [0.717, 1.165) is 12.8 Å². The molecule has 168 valence electrons.